The van der Waals surface area contributed by atoms with E-state index in [9.17, 15) is 4.79 Å². The van der Waals surface area contributed by atoms with E-state index in [0.29, 0.717) is 24.7 Å². The average Bonchev–Trinajstić information content (AvgIpc) is 2.55. The maximum absolute atomic E-state index is 10.7. The summed E-state index contributed by atoms with van der Waals surface area (Å²) in [5.41, 5.74) is 0.181. The highest BCUT2D eigenvalue weighted by molar-refractivity contribution is 5.88. The topological polar surface area (TPSA) is 68.9 Å². The van der Waals surface area contributed by atoms with Gasteiger partial charge in [0.05, 0.1) is 13.2 Å². The Hall–Kier alpha value is -1.33. The third-order valence-electron chi connectivity index (χ3n) is 1.88. The summed E-state index contributed by atoms with van der Waals surface area (Å²) in [5, 5.41) is 8.77. The van der Waals surface area contributed by atoms with Gasteiger partial charge in [0.15, 0.2) is 0 Å². The van der Waals surface area contributed by atoms with Crippen molar-refractivity contribution in [1.82, 2.24) is 0 Å². The number of ether oxygens (including phenoxy) is 2. The predicted octanol–water partition coefficient (Wildman–Crippen LogP) is 1.45. The van der Waals surface area contributed by atoms with Gasteiger partial charge in [-0.05, 0) is 13.0 Å². The van der Waals surface area contributed by atoms with Crippen molar-refractivity contribution >= 4 is 5.97 Å². The smallest absolute Gasteiger partial charge is 0.339 e. The van der Waals surface area contributed by atoms with Crippen molar-refractivity contribution < 1.29 is 23.8 Å². The molecule has 5 nitrogen and oxygen atoms in total. The molecule has 0 amide bonds. The van der Waals surface area contributed by atoms with Gasteiger partial charge in [-0.25, -0.2) is 4.79 Å². The fraction of sp³-hybridized carbons (Fsp3) is 0.500. The van der Waals surface area contributed by atoms with E-state index in [2.05, 4.69) is 0 Å². The number of hydrogen-bond donors (Lipinski definition) is 1. The molecule has 0 aliphatic carbocycles. The number of methoxy groups -OCH3 is 1. The van der Waals surface area contributed by atoms with E-state index in [1.807, 2.05) is 0 Å². The standard InChI is InChI=1S/C10H14O5/c1-7-9(10(11)12)5-8(15-7)6-14-4-3-13-2/h5H,3-4,6H2,1-2H3,(H,11,12). The lowest BCUT2D eigenvalue weighted by atomic mass is 10.2. The summed E-state index contributed by atoms with van der Waals surface area (Å²) in [5.74, 6) is -0.0757. The van der Waals surface area contributed by atoms with Crippen molar-refractivity contribution in [2.45, 2.75) is 13.5 Å². The lowest BCUT2D eigenvalue weighted by Crippen LogP contribution is -2.01. The van der Waals surface area contributed by atoms with Gasteiger partial charge < -0.3 is 19.0 Å². The Morgan fingerprint density at radius 1 is 1.53 bits per heavy atom. The SMILES string of the molecule is COCCOCc1cc(C(=O)O)c(C)o1. The van der Waals surface area contributed by atoms with Gasteiger partial charge in [0.25, 0.3) is 0 Å². The Bertz CT molecular complexity index is 329. The van der Waals surface area contributed by atoms with E-state index < -0.39 is 5.97 Å². The lowest BCUT2D eigenvalue weighted by molar-refractivity contribution is 0.0535. The number of hydrogen-bond acceptors (Lipinski definition) is 4. The van der Waals surface area contributed by atoms with Gasteiger partial charge >= 0.3 is 5.97 Å². The van der Waals surface area contributed by atoms with Crippen LogP contribution in [-0.2, 0) is 16.1 Å². The molecule has 0 atom stereocenters. The molecule has 0 bridgehead atoms. The van der Waals surface area contributed by atoms with Crippen LogP contribution in [0, 0.1) is 6.92 Å². The molecular formula is C10H14O5. The molecule has 0 spiro atoms. The first-order valence-electron chi connectivity index (χ1n) is 4.54. The first-order chi connectivity index (χ1) is 7.15. The van der Waals surface area contributed by atoms with Gasteiger partial charge in [-0.2, -0.15) is 0 Å². The summed E-state index contributed by atoms with van der Waals surface area (Å²) in [7, 11) is 1.59. The average molecular weight is 214 g/mol. The predicted molar refractivity (Wildman–Crippen MR) is 51.9 cm³/mol. The van der Waals surface area contributed by atoms with Crippen molar-refractivity contribution in [2.75, 3.05) is 20.3 Å². The third-order valence-corrected chi connectivity index (χ3v) is 1.88. The third kappa shape index (κ3) is 3.38. The number of furan rings is 1. The summed E-state index contributed by atoms with van der Waals surface area (Å²) >= 11 is 0. The minimum absolute atomic E-state index is 0.181. The Labute approximate surface area is 87.6 Å². The van der Waals surface area contributed by atoms with E-state index in [0.717, 1.165) is 0 Å². The molecule has 1 rings (SSSR count). The highest BCUT2D eigenvalue weighted by Crippen LogP contribution is 2.15. The molecule has 0 unspecified atom stereocenters. The fourth-order valence-electron chi connectivity index (χ4n) is 1.14. The van der Waals surface area contributed by atoms with Gasteiger partial charge in [-0.3, -0.25) is 0 Å². The molecule has 0 aromatic carbocycles. The normalized spacial score (nSPS) is 10.5. The molecule has 1 N–H and O–H groups in total. The minimum Gasteiger partial charge on any atom is -0.478 e. The molecule has 0 fully saturated rings. The second kappa shape index (κ2) is 5.53. The Morgan fingerprint density at radius 2 is 2.27 bits per heavy atom. The van der Waals surface area contributed by atoms with Gasteiger partial charge in [0.1, 0.15) is 23.7 Å². The van der Waals surface area contributed by atoms with Crippen molar-refractivity contribution in [3.63, 3.8) is 0 Å². The zero-order valence-corrected chi connectivity index (χ0v) is 8.78. The second-order valence-corrected chi connectivity index (χ2v) is 3.03. The molecule has 0 radical (unpaired) electrons. The van der Waals surface area contributed by atoms with Crippen molar-refractivity contribution in [2.24, 2.45) is 0 Å². The maximum atomic E-state index is 10.7. The fourth-order valence-corrected chi connectivity index (χ4v) is 1.14. The number of rotatable bonds is 6. The highest BCUT2D eigenvalue weighted by atomic mass is 16.5. The Morgan fingerprint density at radius 3 is 2.80 bits per heavy atom. The number of carbonyl (C=O) groups is 1. The molecule has 0 saturated heterocycles. The number of carboxylic acid groups (broad SMARTS) is 1. The second-order valence-electron chi connectivity index (χ2n) is 3.03. The van der Waals surface area contributed by atoms with Crippen molar-refractivity contribution in [1.29, 1.82) is 0 Å². The monoisotopic (exact) mass is 214 g/mol. The Kier molecular flexibility index (Phi) is 4.33. The molecule has 1 aromatic rings. The summed E-state index contributed by atoms with van der Waals surface area (Å²) in [6.45, 7) is 2.84. The van der Waals surface area contributed by atoms with Gasteiger partial charge in [-0.1, -0.05) is 0 Å². The van der Waals surface area contributed by atoms with Crippen molar-refractivity contribution in [3.8, 4) is 0 Å². The van der Waals surface area contributed by atoms with E-state index in [1.165, 1.54) is 6.07 Å². The summed E-state index contributed by atoms with van der Waals surface area (Å²) < 4.78 is 15.2. The van der Waals surface area contributed by atoms with Gasteiger partial charge in [-0.15, -0.1) is 0 Å². The van der Waals surface area contributed by atoms with Crippen LogP contribution in [0.5, 0.6) is 0 Å². The van der Waals surface area contributed by atoms with Crippen molar-refractivity contribution in [3.05, 3.63) is 23.2 Å². The van der Waals surface area contributed by atoms with Crippen LogP contribution >= 0.6 is 0 Å². The molecule has 0 saturated carbocycles. The van der Waals surface area contributed by atoms with E-state index in [-0.39, 0.29) is 12.2 Å². The molecule has 1 heterocycles. The molecular weight excluding hydrogens is 200 g/mol. The Balaban J connectivity index is 2.48. The van der Waals surface area contributed by atoms with Crippen LogP contribution in [0.15, 0.2) is 10.5 Å². The lowest BCUT2D eigenvalue weighted by Gasteiger charge is -1.99. The van der Waals surface area contributed by atoms with Crippen LogP contribution in [0.1, 0.15) is 21.9 Å². The summed E-state index contributed by atoms with van der Waals surface area (Å²) in [6.07, 6.45) is 0. The first kappa shape index (κ1) is 11.7. The van der Waals surface area contributed by atoms with E-state index in [1.54, 1.807) is 14.0 Å². The summed E-state index contributed by atoms with van der Waals surface area (Å²) in [6, 6.07) is 1.48. The molecule has 15 heavy (non-hydrogen) atoms. The largest absolute Gasteiger partial charge is 0.478 e. The van der Waals surface area contributed by atoms with Crippen LogP contribution < -0.4 is 0 Å². The number of aryl methyl sites for hydroxylation is 1. The molecule has 0 aliphatic heterocycles. The molecule has 0 aliphatic rings. The number of carboxylic acids is 1. The van der Waals surface area contributed by atoms with Crippen LogP contribution in [0.4, 0.5) is 0 Å². The van der Waals surface area contributed by atoms with Gasteiger partial charge in [0.2, 0.25) is 0 Å². The zero-order chi connectivity index (χ0) is 11.3. The van der Waals surface area contributed by atoms with E-state index in [4.69, 9.17) is 19.0 Å². The highest BCUT2D eigenvalue weighted by Gasteiger charge is 2.13. The van der Waals surface area contributed by atoms with E-state index >= 15 is 0 Å². The van der Waals surface area contributed by atoms with Crippen LogP contribution in [0.2, 0.25) is 0 Å². The van der Waals surface area contributed by atoms with Gasteiger partial charge in [0, 0.05) is 7.11 Å². The van der Waals surface area contributed by atoms with Crippen LogP contribution in [0.25, 0.3) is 0 Å². The number of aromatic carboxylic acids is 1. The maximum Gasteiger partial charge on any atom is 0.339 e. The summed E-state index contributed by atoms with van der Waals surface area (Å²) in [4.78, 5) is 10.7. The molecule has 1 aromatic heterocycles. The molecule has 5 heteroatoms. The van der Waals surface area contributed by atoms with Crippen LogP contribution in [0.3, 0.4) is 0 Å². The van der Waals surface area contributed by atoms with Crippen LogP contribution in [-0.4, -0.2) is 31.4 Å². The minimum atomic E-state index is -0.987. The first-order valence-corrected chi connectivity index (χ1v) is 4.54. The quantitative estimate of drug-likeness (QED) is 0.726. The zero-order valence-electron chi connectivity index (χ0n) is 8.78. The molecule has 84 valence electrons.